The van der Waals surface area contributed by atoms with Gasteiger partial charge in [-0.1, -0.05) is 10.8 Å². The van der Waals surface area contributed by atoms with Gasteiger partial charge < -0.3 is 5.73 Å². The van der Waals surface area contributed by atoms with Crippen LogP contribution in [0, 0.1) is 10.1 Å². The van der Waals surface area contributed by atoms with Crippen molar-refractivity contribution in [3.05, 3.63) is 28.4 Å². The highest BCUT2D eigenvalue weighted by Crippen LogP contribution is 2.35. The molecule has 0 unspecified atom stereocenters. The second-order valence-corrected chi connectivity index (χ2v) is 5.01. The lowest BCUT2D eigenvalue weighted by atomic mass is 10.4. The van der Waals surface area contributed by atoms with Gasteiger partial charge >= 0.3 is 5.69 Å². The first-order valence-corrected chi connectivity index (χ1v) is 6.49. The summed E-state index contributed by atoms with van der Waals surface area (Å²) in [5, 5.41) is 10.9. The van der Waals surface area contributed by atoms with E-state index < -0.39 is 11.0 Å². The third-order valence-corrected chi connectivity index (χ3v) is 3.81. The molecule has 0 saturated heterocycles. The topological polar surface area (TPSA) is 99.1 Å². The summed E-state index contributed by atoms with van der Waals surface area (Å²) in [6.07, 6.45) is 3.10. The summed E-state index contributed by atoms with van der Waals surface area (Å²) in [4.78, 5) is 24.1. The molecule has 1 rings (SSSR count). The molecule has 1 heterocycles. The van der Waals surface area contributed by atoms with Gasteiger partial charge in [-0.05, 0) is 16.9 Å². The Labute approximate surface area is 99.5 Å². The molecule has 2 N–H and O–H groups in total. The highest BCUT2D eigenvalue weighted by atomic mass is 33.1. The average molecular weight is 258 g/mol. The molecule has 0 aliphatic carbocycles. The fourth-order valence-electron chi connectivity index (χ4n) is 0.783. The smallest absolute Gasteiger partial charge is 0.302 e. The minimum absolute atomic E-state index is 0.0522. The Bertz CT molecular complexity index is 389. The molecule has 85 valence electrons. The molecule has 6 nitrogen and oxygen atoms in total. The van der Waals surface area contributed by atoms with Crippen LogP contribution in [0.3, 0.4) is 0 Å². The summed E-state index contributed by atoms with van der Waals surface area (Å²) in [5.41, 5.74) is 5.27. The van der Waals surface area contributed by atoms with Gasteiger partial charge in [-0.15, -0.1) is 0 Å². The maximum Gasteiger partial charge on any atom is 0.302 e. The molecule has 1 aromatic heterocycles. The Morgan fingerprint density at radius 1 is 1.69 bits per heavy atom. The van der Waals surface area contributed by atoms with Crippen molar-refractivity contribution in [2.24, 2.45) is 5.73 Å². The minimum atomic E-state index is -0.680. The van der Waals surface area contributed by atoms with Gasteiger partial charge in [0.05, 0.1) is 11.0 Å². The maximum atomic E-state index is 10.6. The van der Waals surface area contributed by atoms with Crippen LogP contribution in [0.4, 0.5) is 5.69 Å². The highest BCUT2D eigenvalue weighted by Gasteiger charge is 2.15. The zero-order valence-electron chi connectivity index (χ0n) is 8.03. The summed E-state index contributed by atoms with van der Waals surface area (Å²) in [7, 11) is 2.36. The SMILES string of the molecule is N[C@H]([C]=O)CSSc1ncccc1[N+](=O)[O-]. The van der Waals surface area contributed by atoms with Gasteiger partial charge in [0.1, 0.15) is 0 Å². The van der Waals surface area contributed by atoms with Crippen LogP contribution in [-0.2, 0) is 4.79 Å². The molecule has 0 aliphatic heterocycles. The van der Waals surface area contributed by atoms with E-state index in [1.807, 2.05) is 0 Å². The zero-order chi connectivity index (χ0) is 12.0. The standard InChI is InChI=1S/C8H8N3O3S2/c9-6(4-12)5-15-16-8-7(11(13)14)2-1-3-10-8/h1-3,6H,5,9H2/t6-/m1/s1. The van der Waals surface area contributed by atoms with Crippen molar-refractivity contribution in [1.29, 1.82) is 0 Å². The first-order chi connectivity index (χ1) is 7.65. The quantitative estimate of drug-likeness (QED) is 0.464. The molecule has 1 atom stereocenters. The number of aromatic nitrogens is 1. The van der Waals surface area contributed by atoms with Crippen LogP contribution in [0.15, 0.2) is 23.4 Å². The lowest BCUT2D eigenvalue weighted by Gasteiger charge is -2.02. The molecule has 8 heteroatoms. The van der Waals surface area contributed by atoms with E-state index in [2.05, 4.69) is 4.98 Å². The third-order valence-electron chi connectivity index (χ3n) is 1.48. The van der Waals surface area contributed by atoms with Crippen LogP contribution < -0.4 is 5.73 Å². The van der Waals surface area contributed by atoms with E-state index in [4.69, 9.17) is 5.73 Å². The van der Waals surface area contributed by atoms with Crippen molar-refractivity contribution in [2.45, 2.75) is 11.1 Å². The highest BCUT2D eigenvalue weighted by molar-refractivity contribution is 8.76. The molecule has 0 aliphatic rings. The summed E-state index contributed by atoms with van der Waals surface area (Å²) in [5.74, 6) is 0.335. The number of hydrogen-bond donors (Lipinski definition) is 1. The molecule has 0 saturated carbocycles. The summed E-state index contributed by atoms with van der Waals surface area (Å²) < 4.78 is 0. The van der Waals surface area contributed by atoms with Crippen LogP contribution in [0.5, 0.6) is 0 Å². The van der Waals surface area contributed by atoms with Crippen LogP contribution in [-0.4, -0.2) is 28.0 Å². The van der Waals surface area contributed by atoms with Gasteiger partial charge in [-0.25, -0.2) is 4.98 Å². The first kappa shape index (κ1) is 12.9. The van der Waals surface area contributed by atoms with Crippen molar-refractivity contribution in [1.82, 2.24) is 4.98 Å². The molecule has 0 spiro atoms. The largest absolute Gasteiger partial charge is 0.320 e. The van der Waals surface area contributed by atoms with Crippen LogP contribution in [0.2, 0.25) is 0 Å². The Kier molecular flexibility index (Phi) is 5.23. The lowest BCUT2D eigenvalue weighted by Crippen LogP contribution is -2.23. The summed E-state index contributed by atoms with van der Waals surface area (Å²) in [6, 6.07) is 2.19. The van der Waals surface area contributed by atoms with Gasteiger partial charge in [-0.2, -0.15) is 0 Å². The summed E-state index contributed by atoms with van der Waals surface area (Å²) in [6.45, 7) is 0. The van der Waals surface area contributed by atoms with E-state index in [0.717, 1.165) is 10.8 Å². The predicted molar refractivity (Wildman–Crippen MR) is 62.9 cm³/mol. The minimum Gasteiger partial charge on any atom is -0.320 e. The number of rotatable bonds is 6. The van der Waals surface area contributed by atoms with E-state index >= 15 is 0 Å². The Morgan fingerprint density at radius 2 is 2.44 bits per heavy atom. The van der Waals surface area contributed by atoms with Gasteiger partial charge in [0.25, 0.3) is 0 Å². The second-order valence-electron chi connectivity index (χ2n) is 2.68. The number of nitrogens with two attached hydrogens (primary N) is 1. The predicted octanol–water partition coefficient (Wildman–Crippen LogP) is 1.17. The normalized spacial score (nSPS) is 12.1. The van der Waals surface area contributed by atoms with E-state index in [9.17, 15) is 14.9 Å². The van der Waals surface area contributed by atoms with E-state index in [-0.39, 0.29) is 5.69 Å². The van der Waals surface area contributed by atoms with Gasteiger partial charge in [0, 0.05) is 18.0 Å². The summed E-state index contributed by atoms with van der Waals surface area (Å²) >= 11 is 0. The number of pyridine rings is 1. The maximum absolute atomic E-state index is 10.6. The third kappa shape index (κ3) is 3.80. The van der Waals surface area contributed by atoms with E-state index in [1.165, 1.54) is 29.1 Å². The molecule has 0 bridgehead atoms. The average Bonchev–Trinajstić information content (AvgIpc) is 2.29. The fourth-order valence-corrected chi connectivity index (χ4v) is 2.87. The van der Waals surface area contributed by atoms with Gasteiger partial charge in [-0.3, -0.25) is 14.9 Å². The molecule has 0 amide bonds. The van der Waals surface area contributed by atoms with Crippen molar-refractivity contribution in [3.63, 3.8) is 0 Å². The molecule has 0 aromatic carbocycles. The second kappa shape index (κ2) is 6.46. The Hall–Kier alpha value is -1.12. The monoisotopic (exact) mass is 258 g/mol. The molecule has 1 radical (unpaired) electrons. The van der Waals surface area contributed by atoms with Crippen LogP contribution in [0.1, 0.15) is 0 Å². The molecule has 1 aromatic rings. The number of hydrogen-bond acceptors (Lipinski definition) is 7. The Balaban J connectivity index is 2.59. The number of carbonyl (C=O) groups excluding carboxylic acids is 1. The van der Waals surface area contributed by atoms with Crippen molar-refractivity contribution < 1.29 is 9.72 Å². The van der Waals surface area contributed by atoms with Crippen molar-refractivity contribution >= 4 is 33.6 Å². The molecule has 16 heavy (non-hydrogen) atoms. The van der Waals surface area contributed by atoms with Gasteiger partial charge in [0.15, 0.2) is 5.03 Å². The lowest BCUT2D eigenvalue weighted by molar-refractivity contribution is -0.388. The number of nitrogens with zero attached hydrogens (tertiary/aromatic N) is 2. The zero-order valence-corrected chi connectivity index (χ0v) is 9.66. The first-order valence-electron chi connectivity index (χ1n) is 4.17. The van der Waals surface area contributed by atoms with E-state index in [1.54, 1.807) is 6.29 Å². The molecular formula is C8H8N3O3S2. The number of nitro groups is 1. The van der Waals surface area contributed by atoms with Crippen LogP contribution in [0.25, 0.3) is 0 Å². The fraction of sp³-hybridized carbons (Fsp3) is 0.250. The van der Waals surface area contributed by atoms with Crippen molar-refractivity contribution in [2.75, 3.05) is 5.75 Å². The van der Waals surface area contributed by atoms with E-state index in [0.29, 0.717) is 10.8 Å². The van der Waals surface area contributed by atoms with Crippen LogP contribution >= 0.6 is 21.6 Å². The molecule has 0 fully saturated rings. The molecular weight excluding hydrogens is 250 g/mol. The Morgan fingerprint density at radius 3 is 3.06 bits per heavy atom. The van der Waals surface area contributed by atoms with Gasteiger partial charge in [0.2, 0.25) is 6.29 Å². The van der Waals surface area contributed by atoms with Crippen molar-refractivity contribution in [3.8, 4) is 0 Å².